The summed E-state index contributed by atoms with van der Waals surface area (Å²) >= 11 is 3.46. The van der Waals surface area contributed by atoms with Gasteiger partial charge in [-0.05, 0) is 64.5 Å². The van der Waals surface area contributed by atoms with Crippen LogP contribution in [-0.2, 0) is 11.3 Å². The van der Waals surface area contributed by atoms with Crippen LogP contribution in [0.1, 0.15) is 0 Å². The number of rotatable bonds is 9. The average Bonchev–Trinajstić information content (AvgIpc) is 2.83. The molecule has 0 aliphatic heterocycles. The maximum Gasteiger partial charge on any atom is 0.261 e. The summed E-state index contributed by atoms with van der Waals surface area (Å²) in [5.41, 5.74) is 1.42. The molecule has 4 rings (SSSR count). The fourth-order valence-electron chi connectivity index (χ4n) is 3.37. The van der Waals surface area contributed by atoms with Gasteiger partial charge in [0.1, 0.15) is 23.9 Å². The Morgan fingerprint density at radius 2 is 1.66 bits per heavy atom. The Kier molecular flexibility index (Phi) is 7.19. The van der Waals surface area contributed by atoms with Crippen LogP contribution in [0.4, 0.5) is 0 Å². The van der Waals surface area contributed by atoms with E-state index in [2.05, 4.69) is 15.9 Å². The molecular weight excluding hydrogens is 472 g/mol. The first kappa shape index (κ1) is 22.0. The molecule has 0 aliphatic rings. The summed E-state index contributed by atoms with van der Waals surface area (Å²) in [6.45, 7) is 1.57. The van der Waals surface area contributed by atoms with Gasteiger partial charge in [-0.2, -0.15) is 0 Å². The minimum absolute atomic E-state index is 0.0884. The second kappa shape index (κ2) is 10.4. The van der Waals surface area contributed by atoms with E-state index in [1.165, 1.54) is 0 Å². The van der Waals surface area contributed by atoms with Crippen LogP contribution in [0.15, 0.2) is 82.1 Å². The molecule has 0 saturated heterocycles. The molecule has 1 aromatic heterocycles. The van der Waals surface area contributed by atoms with E-state index >= 15 is 0 Å². The normalized spacial score (nSPS) is 10.9. The zero-order valence-corrected chi connectivity index (χ0v) is 19.2. The van der Waals surface area contributed by atoms with Crippen LogP contribution in [0.25, 0.3) is 22.3 Å². The second-order valence-electron chi connectivity index (χ2n) is 7.03. The highest BCUT2D eigenvalue weighted by Gasteiger charge is 2.13. The van der Waals surface area contributed by atoms with Gasteiger partial charge in [0.2, 0.25) is 0 Å². The molecule has 0 atom stereocenters. The van der Waals surface area contributed by atoms with Crippen molar-refractivity contribution in [3.05, 3.63) is 87.6 Å². The molecule has 164 valence electrons. The van der Waals surface area contributed by atoms with E-state index < -0.39 is 0 Å². The van der Waals surface area contributed by atoms with Gasteiger partial charge in [0.15, 0.2) is 0 Å². The summed E-state index contributed by atoms with van der Waals surface area (Å²) in [6, 6.07) is 22.6. The van der Waals surface area contributed by atoms with E-state index in [0.717, 1.165) is 21.5 Å². The number of para-hydroxylation sites is 2. The van der Waals surface area contributed by atoms with Gasteiger partial charge >= 0.3 is 0 Å². The molecular formula is C25H23BrN2O4. The van der Waals surface area contributed by atoms with Gasteiger partial charge in [-0.1, -0.05) is 24.3 Å². The maximum atomic E-state index is 13.2. The summed E-state index contributed by atoms with van der Waals surface area (Å²) in [7, 11) is 1.62. The van der Waals surface area contributed by atoms with Crippen molar-refractivity contribution >= 4 is 26.8 Å². The SMILES string of the molecule is COc1ccc(-c2nc3ccccc3c(=O)n2CCOCCOc2ccccc2Br)cc1. The van der Waals surface area contributed by atoms with Gasteiger partial charge in [0.05, 0.1) is 42.2 Å². The Morgan fingerprint density at radius 1 is 0.906 bits per heavy atom. The molecule has 6 nitrogen and oxygen atoms in total. The van der Waals surface area contributed by atoms with Gasteiger partial charge in [-0.3, -0.25) is 9.36 Å². The summed E-state index contributed by atoms with van der Waals surface area (Å²) in [5, 5.41) is 0.585. The lowest BCUT2D eigenvalue weighted by Gasteiger charge is -2.14. The van der Waals surface area contributed by atoms with Crippen LogP contribution in [0.2, 0.25) is 0 Å². The average molecular weight is 495 g/mol. The molecule has 32 heavy (non-hydrogen) atoms. The van der Waals surface area contributed by atoms with Crippen LogP contribution in [-0.4, -0.2) is 36.5 Å². The fourth-order valence-corrected chi connectivity index (χ4v) is 3.77. The Morgan fingerprint density at radius 3 is 2.44 bits per heavy atom. The predicted octanol–water partition coefficient (Wildman–Crippen LogP) is 4.93. The quantitative estimate of drug-likeness (QED) is 0.308. The summed E-state index contributed by atoms with van der Waals surface area (Å²) < 4.78 is 19.3. The summed E-state index contributed by atoms with van der Waals surface area (Å²) in [6.07, 6.45) is 0. The van der Waals surface area contributed by atoms with Gasteiger partial charge in [0, 0.05) is 5.56 Å². The zero-order valence-electron chi connectivity index (χ0n) is 17.7. The maximum absolute atomic E-state index is 13.2. The van der Waals surface area contributed by atoms with Crippen molar-refractivity contribution in [2.45, 2.75) is 6.54 Å². The number of hydrogen-bond acceptors (Lipinski definition) is 5. The molecule has 0 N–H and O–H groups in total. The molecule has 0 bridgehead atoms. The van der Waals surface area contributed by atoms with Crippen molar-refractivity contribution in [1.29, 1.82) is 0 Å². The van der Waals surface area contributed by atoms with E-state index in [4.69, 9.17) is 19.2 Å². The molecule has 0 radical (unpaired) electrons. The standard InChI is InChI=1S/C25H23BrN2O4/c1-30-19-12-10-18(11-13-19)24-27-22-8-4-2-6-20(22)25(29)28(24)14-15-31-16-17-32-23-9-5-3-7-21(23)26/h2-13H,14-17H2,1H3. The molecule has 0 spiro atoms. The van der Waals surface area contributed by atoms with E-state index in [-0.39, 0.29) is 5.56 Å². The van der Waals surface area contributed by atoms with Crippen LogP contribution < -0.4 is 15.0 Å². The molecule has 1 heterocycles. The largest absolute Gasteiger partial charge is 0.497 e. The smallest absolute Gasteiger partial charge is 0.261 e. The fraction of sp³-hybridized carbons (Fsp3) is 0.200. The number of nitrogens with zero attached hydrogens (tertiary/aromatic N) is 2. The summed E-state index contributed by atoms with van der Waals surface area (Å²) in [5.74, 6) is 2.12. The third-order valence-electron chi connectivity index (χ3n) is 4.99. The topological polar surface area (TPSA) is 62.6 Å². The minimum atomic E-state index is -0.0884. The Bertz CT molecular complexity index is 1260. The van der Waals surface area contributed by atoms with Gasteiger partial charge in [0.25, 0.3) is 5.56 Å². The first-order chi connectivity index (χ1) is 15.7. The zero-order chi connectivity index (χ0) is 22.3. The van der Waals surface area contributed by atoms with Crippen molar-refractivity contribution in [1.82, 2.24) is 9.55 Å². The lowest BCUT2D eigenvalue weighted by atomic mass is 10.1. The van der Waals surface area contributed by atoms with Gasteiger partial charge in [-0.25, -0.2) is 4.98 Å². The van der Waals surface area contributed by atoms with Crippen molar-refractivity contribution < 1.29 is 14.2 Å². The molecule has 4 aromatic rings. The minimum Gasteiger partial charge on any atom is -0.497 e. The molecule has 3 aromatic carbocycles. The number of halogens is 1. The van der Waals surface area contributed by atoms with Crippen LogP contribution >= 0.6 is 15.9 Å². The lowest BCUT2D eigenvalue weighted by molar-refractivity contribution is 0.0938. The number of methoxy groups -OCH3 is 1. The molecule has 0 unspecified atom stereocenters. The Balaban J connectivity index is 1.48. The first-order valence-electron chi connectivity index (χ1n) is 10.3. The van der Waals surface area contributed by atoms with Crippen molar-refractivity contribution in [2.75, 3.05) is 26.9 Å². The van der Waals surface area contributed by atoms with Crippen molar-refractivity contribution in [3.8, 4) is 22.9 Å². The molecule has 0 fully saturated rings. The van der Waals surface area contributed by atoms with Crippen LogP contribution in [0.3, 0.4) is 0 Å². The first-order valence-corrected chi connectivity index (χ1v) is 11.1. The van der Waals surface area contributed by atoms with Crippen molar-refractivity contribution in [2.24, 2.45) is 0 Å². The van der Waals surface area contributed by atoms with E-state index in [9.17, 15) is 4.79 Å². The highest BCUT2D eigenvalue weighted by molar-refractivity contribution is 9.10. The third kappa shape index (κ3) is 5.00. The second-order valence-corrected chi connectivity index (χ2v) is 7.88. The highest BCUT2D eigenvalue weighted by atomic mass is 79.9. The lowest BCUT2D eigenvalue weighted by Crippen LogP contribution is -2.26. The molecule has 0 saturated carbocycles. The number of ether oxygens (including phenoxy) is 3. The molecule has 7 heteroatoms. The van der Waals surface area contributed by atoms with E-state index in [1.54, 1.807) is 17.7 Å². The van der Waals surface area contributed by atoms with Crippen molar-refractivity contribution in [3.63, 3.8) is 0 Å². The van der Waals surface area contributed by atoms with Gasteiger partial charge < -0.3 is 14.2 Å². The third-order valence-corrected chi connectivity index (χ3v) is 5.65. The summed E-state index contributed by atoms with van der Waals surface area (Å²) in [4.78, 5) is 18.0. The number of fused-ring (bicyclic) bond motifs is 1. The Labute approximate surface area is 194 Å². The molecule has 0 amide bonds. The van der Waals surface area contributed by atoms with Crippen LogP contribution in [0, 0.1) is 0 Å². The number of aromatic nitrogens is 2. The van der Waals surface area contributed by atoms with Gasteiger partial charge in [-0.15, -0.1) is 0 Å². The Hall–Kier alpha value is -3.16. The predicted molar refractivity (Wildman–Crippen MR) is 128 cm³/mol. The number of hydrogen-bond donors (Lipinski definition) is 0. The number of benzene rings is 3. The molecule has 0 aliphatic carbocycles. The monoisotopic (exact) mass is 494 g/mol. The highest BCUT2D eigenvalue weighted by Crippen LogP contribution is 2.24. The van der Waals surface area contributed by atoms with E-state index in [1.807, 2.05) is 66.7 Å². The van der Waals surface area contributed by atoms with E-state index in [0.29, 0.717) is 43.1 Å². The van der Waals surface area contributed by atoms with Crippen LogP contribution in [0.5, 0.6) is 11.5 Å².